The summed E-state index contributed by atoms with van der Waals surface area (Å²) in [6.07, 6.45) is 9.53. The molecule has 0 aliphatic rings. The van der Waals surface area contributed by atoms with Crippen molar-refractivity contribution in [2.45, 2.75) is 44.9 Å². The Hall–Kier alpha value is -4.37. The number of aromatic nitrogens is 1. The number of amides is 1. The van der Waals surface area contributed by atoms with E-state index in [0.29, 0.717) is 12.4 Å². The van der Waals surface area contributed by atoms with Crippen molar-refractivity contribution in [1.82, 2.24) is 4.98 Å². The van der Waals surface area contributed by atoms with Gasteiger partial charge in [-0.1, -0.05) is 49.4 Å². The quantitative estimate of drug-likeness (QED) is 0.125. The Balaban J connectivity index is 1.48. The minimum Gasteiger partial charge on any atom is -0.497 e. The zero-order valence-electron chi connectivity index (χ0n) is 22.8. The predicted octanol–water partition coefficient (Wildman–Crippen LogP) is 6.75. The maximum absolute atomic E-state index is 12.8. The van der Waals surface area contributed by atoms with Crippen LogP contribution in [0.3, 0.4) is 0 Å². The molecule has 0 atom stereocenters. The fourth-order valence-corrected chi connectivity index (χ4v) is 4.20. The first kappa shape index (κ1) is 31.2. The molecule has 3 aromatic rings. The topological polar surface area (TPSA) is 135 Å². The lowest BCUT2D eigenvalue weighted by molar-refractivity contribution is -0.131. The number of nitrogens with one attached hydrogen (secondary N) is 1. The maximum atomic E-state index is 12.8. The molecule has 0 radical (unpaired) electrons. The Bertz CT molecular complexity index is 1370. The molecule has 0 spiro atoms. The highest BCUT2D eigenvalue weighted by atomic mass is 35.5. The molecule has 0 saturated heterocycles. The second-order valence-corrected chi connectivity index (χ2v) is 9.68. The standard InChI is InChI=1S/C31H33ClN2O7/c1-40-23-12-9-21(10-13-23)8-6-4-2-3-5-7-19-41-28-17-15-26(33-25(28)16-18-29(35)36)30(37)34-27-20-22(31(38)39)11-14-24(27)32/h9-18,20H,2-8,19H2,1H3,(H,34,37)(H,35,36)(H,38,39). The third-order valence-electron chi connectivity index (χ3n) is 6.24. The van der Waals surface area contributed by atoms with E-state index in [0.717, 1.165) is 56.8 Å². The number of carbonyl (C=O) groups excluding carboxylic acids is 1. The van der Waals surface area contributed by atoms with E-state index in [1.807, 2.05) is 12.1 Å². The van der Waals surface area contributed by atoms with Gasteiger partial charge in [-0.2, -0.15) is 0 Å². The van der Waals surface area contributed by atoms with Crippen LogP contribution >= 0.6 is 11.6 Å². The zero-order chi connectivity index (χ0) is 29.6. The van der Waals surface area contributed by atoms with Crippen LogP contribution in [0.15, 0.2) is 60.7 Å². The van der Waals surface area contributed by atoms with E-state index >= 15 is 0 Å². The van der Waals surface area contributed by atoms with Crippen LogP contribution < -0.4 is 14.8 Å². The van der Waals surface area contributed by atoms with Crippen molar-refractivity contribution >= 4 is 41.2 Å². The number of hydrogen-bond acceptors (Lipinski definition) is 6. The van der Waals surface area contributed by atoms with Gasteiger partial charge in [-0.3, -0.25) is 4.79 Å². The van der Waals surface area contributed by atoms with E-state index < -0.39 is 17.8 Å². The predicted molar refractivity (Wildman–Crippen MR) is 157 cm³/mol. The van der Waals surface area contributed by atoms with Crippen molar-refractivity contribution in [3.8, 4) is 11.5 Å². The molecule has 0 bridgehead atoms. The number of carbonyl (C=O) groups is 3. The van der Waals surface area contributed by atoms with E-state index in [2.05, 4.69) is 22.4 Å². The summed E-state index contributed by atoms with van der Waals surface area (Å²) in [5.41, 5.74) is 1.54. The lowest BCUT2D eigenvalue weighted by Gasteiger charge is -2.12. The van der Waals surface area contributed by atoms with Crippen LogP contribution in [0.1, 0.15) is 70.6 Å². The number of nitrogens with zero attached hydrogens (tertiary/aromatic N) is 1. The van der Waals surface area contributed by atoms with Gasteiger partial charge in [0.25, 0.3) is 5.91 Å². The molecule has 3 N–H and O–H groups in total. The fraction of sp³-hybridized carbons (Fsp3) is 0.290. The Kier molecular flexibility index (Phi) is 12.2. The molecule has 0 saturated carbocycles. The van der Waals surface area contributed by atoms with Crippen LogP contribution in [0.25, 0.3) is 6.08 Å². The summed E-state index contributed by atoms with van der Waals surface area (Å²) >= 11 is 6.10. The number of aliphatic carboxylic acids is 1. The molecule has 216 valence electrons. The third-order valence-corrected chi connectivity index (χ3v) is 6.57. The minimum absolute atomic E-state index is 0.0196. The highest BCUT2D eigenvalue weighted by Crippen LogP contribution is 2.25. The normalized spacial score (nSPS) is 10.9. The molecule has 41 heavy (non-hydrogen) atoms. The second-order valence-electron chi connectivity index (χ2n) is 9.27. The molecule has 9 nitrogen and oxygen atoms in total. The van der Waals surface area contributed by atoms with E-state index in [4.69, 9.17) is 26.2 Å². The first-order chi connectivity index (χ1) is 19.8. The number of rotatable bonds is 16. The van der Waals surface area contributed by atoms with Gasteiger partial charge in [0.05, 0.1) is 30.0 Å². The molecule has 2 aromatic carbocycles. The summed E-state index contributed by atoms with van der Waals surface area (Å²) in [5.74, 6) is -1.76. The van der Waals surface area contributed by atoms with Crippen LogP contribution in [0.5, 0.6) is 11.5 Å². The van der Waals surface area contributed by atoms with Gasteiger partial charge in [0.2, 0.25) is 0 Å². The number of hydrogen-bond donors (Lipinski definition) is 3. The molecule has 0 aliphatic heterocycles. The van der Waals surface area contributed by atoms with Crippen LogP contribution in [-0.4, -0.2) is 46.8 Å². The first-order valence-electron chi connectivity index (χ1n) is 13.3. The molecule has 0 aliphatic carbocycles. The van der Waals surface area contributed by atoms with Gasteiger partial charge in [-0.15, -0.1) is 0 Å². The van der Waals surface area contributed by atoms with Crippen LogP contribution in [0.2, 0.25) is 5.02 Å². The van der Waals surface area contributed by atoms with Crippen LogP contribution in [-0.2, 0) is 11.2 Å². The van der Waals surface area contributed by atoms with Crippen molar-refractivity contribution in [1.29, 1.82) is 0 Å². The van der Waals surface area contributed by atoms with Gasteiger partial charge in [-0.25, -0.2) is 14.6 Å². The second kappa shape index (κ2) is 16.0. The molecular formula is C31H33ClN2O7. The number of unbranched alkanes of at least 4 members (excludes halogenated alkanes) is 5. The average Bonchev–Trinajstić information content (AvgIpc) is 2.96. The molecular weight excluding hydrogens is 548 g/mol. The van der Waals surface area contributed by atoms with Gasteiger partial charge >= 0.3 is 11.9 Å². The Labute approximate surface area is 243 Å². The Morgan fingerprint density at radius 2 is 1.63 bits per heavy atom. The Morgan fingerprint density at radius 3 is 2.32 bits per heavy atom. The third kappa shape index (κ3) is 10.3. The fourth-order valence-electron chi connectivity index (χ4n) is 4.03. The maximum Gasteiger partial charge on any atom is 0.335 e. The molecule has 0 unspecified atom stereocenters. The number of aryl methyl sites for hydroxylation is 1. The molecule has 10 heteroatoms. The molecule has 0 fully saturated rings. The van der Waals surface area contributed by atoms with Crippen molar-refractivity contribution in [2.24, 2.45) is 0 Å². The van der Waals surface area contributed by atoms with Gasteiger partial charge in [-0.05, 0) is 73.4 Å². The van der Waals surface area contributed by atoms with E-state index in [-0.39, 0.29) is 27.7 Å². The van der Waals surface area contributed by atoms with E-state index in [9.17, 15) is 19.5 Å². The number of methoxy groups -OCH3 is 1. The van der Waals surface area contributed by atoms with Crippen LogP contribution in [0.4, 0.5) is 5.69 Å². The van der Waals surface area contributed by atoms with Gasteiger partial charge in [0.15, 0.2) is 0 Å². The smallest absolute Gasteiger partial charge is 0.335 e. The highest BCUT2D eigenvalue weighted by Gasteiger charge is 2.15. The lowest BCUT2D eigenvalue weighted by atomic mass is 10.0. The number of benzene rings is 2. The largest absolute Gasteiger partial charge is 0.497 e. The monoisotopic (exact) mass is 580 g/mol. The summed E-state index contributed by atoms with van der Waals surface area (Å²) in [6, 6.07) is 15.1. The minimum atomic E-state index is -1.17. The number of carboxylic acids is 2. The zero-order valence-corrected chi connectivity index (χ0v) is 23.5. The summed E-state index contributed by atoms with van der Waals surface area (Å²) in [4.78, 5) is 39.4. The van der Waals surface area contributed by atoms with Gasteiger partial charge in [0.1, 0.15) is 22.9 Å². The van der Waals surface area contributed by atoms with Crippen molar-refractivity contribution < 1.29 is 34.1 Å². The SMILES string of the molecule is COc1ccc(CCCCCCCCOc2ccc(C(=O)Nc3cc(C(=O)O)ccc3Cl)nc2C=CC(=O)O)cc1. The highest BCUT2D eigenvalue weighted by molar-refractivity contribution is 6.34. The molecule has 1 aromatic heterocycles. The summed E-state index contributed by atoms with van der Waals surface area (Å²) in [5, 5.41) is 20.9. The van der Waals surface area contributed by atoms with Crippen molar-refractivity contribution in [3.63, 3.8) is 0 Å². The molecule has 1 amide bonds. The number of pyridine rings is 1. The van der Waals surface area contributed by atoms with Gasteiger partial charge < -0.3 is 25.0 Å². The van der Waals surface area contributed by atoms with Gasteiger partial charge in [0, 0.05) is 6.08 Å². The number of aromatic carboxylic acids is 1. The molecule has 1 heterocycles. The van der Waals surface area contributed by atoms with Crippen LogP contribution in [0, 0.1) is 0 Å². The Morgan fingerprint density at radius 1 is 0.927 bits per heavy atom. The van der Waals surface area contributed by atoms with E-state index in [1.165, 1.54) is 35.9 Å². The number of ether oxygens (including phenoxy) is 2. The summed E-state index contributed by atoms with van der Waals surface area (Å²) in [7, 11) is 1.66. The number of anilines is 1. The summed E-state index contributed by atoms with van der Waals surface area (Å²) in [6.45, 7) is 0.421. The first-order valence-corrected chi connectivity index (χ1v) is 13.7. The lowest BCUT2D eigenvalue weighted by Crippen LogP contribution is -2.15. The number of carboxylic acid groups (broad SMARTS) is 2. The average molecular weight is 581 g/mol. The molecule has 3 rings (SSSR count). The van der Waals surface area contributed by atoms with Crippen molar-refractivity contribution in [2.75, 3.05) is 19.0 Å². The summed E-state index contributed by atoms with van der Waals surface area (Å²) < 4.78 is 11.0. The number of halogens is 1. The van der Waals surface area contributed by atoms with Crippen molar-refractivity contribution in [3.05, 3.63) is 88.2 Å². The van der Waals surface area contributed by atoms with E-state index in [1.54, 1.807) is 13.2 Å².